The molecular weight excluding hydrogens is 260 g/mol. The van der Waals surface area contributed by atoms with Crippen LogP contribution in [0.3, 0.4) is 0 Å². The van der Waals surface area contributed by atoms with Crippen molar-refractivity contribution in [3.63, 3.8) is 0 Å². The maximum Gasteiger partial charge on any atom is 0.164 e. The lowest BCUT2D eigenvalue weighted by Crippen LogP contribution is -2.17. The maximum absolute atomic E-state index is 11.9. The molecule has 0 aliphatic carbocycles. The molecule has 0 saturated carbocycles. The van der Waals surface area contributed by atoms with E-state index in [0.717, 1.165) is 12.1 Å². The number of nitrogens with one attached hydrogen (secondary N) is 1. The van der Waals surface area contributed by atoms with Gasteiger partial charge in [0, 0.05) is 42.5 Å². The van der Waals surface area contributed by atoms with Gasteiger partial charge in [-0.3, -0.25) is 9.78 Å². The average molecular weight is 275 g/mol. The number of aromatic nitrogens is 1. The molecule has 1 aromatic heterocycles. The molecule has 0 unspecified atom stereocenters. The van der Waals surface area contributed by atoms with E-state index in [2.05, 4.69) is 10.3 Å². The number of pyridine rings is 1. The number of nitrogens with zero attached hydrogens (tertiary/aromatic N) is 1. The third-order valence-electron chi connectivity index (χ3n) is 2.77. The zero-order valence-electron chi connectivity index (χ0n) is 10.5. The summed E-state index contributed by atoms with van der Waals surface area (Å²) in [6, 6.07) is 10.9. The summed E-state index contributed by atoms with van der Waals surface area (Å²) < 4.78 is 0. The van der Waals surface area contributed by atoms with E-state index in [4.69, 9.17) is 11.6 Å². The Morgan fingerprint density at radius 1 is 1.11 bits per heavy atom. The summed E-state index contributed by atoms with van der Waals surface area (Å²) in [5, 5.41) is 3.88. The van der Waals surface area contributed by atoms with Crippen molar-refractivity contribution < 1.29 is 4.79 Å². The number of carbonyl (C=O) groups is 1. The van der Waals surface area contributed by atoms with E-state index in [1.807, 2.05) is 12.1 Å². The van der Waals surface area contributed by atoms with Gasteiger partial charge >= 0.3 is 0 Å². The molecule has 4 heteroatoms. The molecular formula is C15H15ClN2O. The first-order valence-electron chi connectivity index (χ1n) is 6.14. The summed E-state index contributed by atoms with van der Waals surface area (Å²) in [5.74, 6) is 0.124. The van der Waals surface area contributed by atoms with Crippen LogP contribution >= 0.6 is 11.6 Å². The Labute approximate surface area is 117 Å². The number of carbonyl (C=O) groups excluding carboxylic acids is 1. The summed E-state index contributed by atoms with van der Waals surface area (Å²) in [7, 11) is 0. The quantitative estimate of drug-likeness (QED) is 0.650. The zero-order valence-corrected chi connectivity index (χ0v) is 11.2. The highest BCUT2D eigenvalue weighted by Gasteiger charge is 2.04. The fraction of sp³-hybridized carbons (Fsp3) is 0.200. The molecule has 0 atom stereocenters. The van der Waals surface area contributed by atoms with Crippen molar-refractivity contribution in [1.82, 2.24) is 10.3 Å². The van der Waals surface area contributed by atoms with Crippen LogP contribution in [-0.4, -0.2) is 17.3 Å². The molecule has 1 aromatic carbocycles. The predicted octanol–water partition coefficient (Wildman–Crippen LogP) is 3.10. The molecule has 0 saturated heterocycles. The number of halogens is 1. The summed E-state index contributed by atoms with van der Waals surface area (Å²) in [6.45, 7) is 1.40. The highest BCUT2D eigenvalue weighted by Crippen LogP contribution is 2.10. The Bertz CT molecular complexity index is 526. The Hall–Kier alpha value is -1.71. The largest absolute Gasteiger partial charge is 0.312 e. The van der Waals surface area contributed by atoms with Crippen LogP contribution < -0.4 is 5.32 Å². The molecule has 0 bridgehead atoms. The topological polar surface area (TPSA) is 42.0 Å². The van der Waals surface area contributed by atoms with Crippen molar-refractivity contribution in [2.24, 2.45) is 0 Å². The van der Waals surface area contributed by atoms with Gasteiger partial charge in [-0.2, -0.15) is 0 Å². The summed E-state index contributed by atoms with van der Waals surface area (Å²) in [6.07, 6.45) is 4.00. The number of hydrogen-bond acceptors (Lipinski definition) is 3. The van der Waals surface area contributed by atoms with Crippen LogP contribution in [0.25, 0.3) is 0 Å². The van der Waals surface area contributed by atoms with Gasteiger partial charge in [-0.15, -0.1) is 0 Å². The van der Waals surface area contributed by atoms with E-state index in [1.165, 1.54) is 0 Å². The first-order valence-corrected chi connectivity index (χ1v) is 6.52. The Kier molecular flexibility index (Phi) is 5.07. The van der Waals surface area contributed by atoms with Crippen LogP contribution in [0.1, 0.15) is 22.3 Å². The Morgan fingerprint density at radius 3 is 2.47 bits per heavy atom. The van der Waals surface area contributed by atoms with Crippen LogP contribution in [0.2, 0.25) is 5.02 Å². The molecule has 0 spiro atoms. The molecule has 1 heterocycles. The third-order valence-corrected chi connectivity index (χ3v) is 3.03. The number of benzene rings is 1. The van der Waals surface area contributed by atoms with E-state index in [1.54, 1.807) is 36.7 Å². The lowest BCUT2D eigenvalue weighted by atomic mass is 10.1. The number of rotatable bonds is 6. The van der Waals surface area contributed by atoms with Crippen molar-refractivity contribution in [2.45, 2.75) is 13.0 Å². The molecule has 2 aromatic rings. The fourth-order valence-corrected chi connectivity index (χ4v) is 1.84. The minimum atomic E-state index is 0.124. The van der Waals surface area contributed by atoms with Crippen molar-refractivity contribution in [1.29, 1.82) is 0 Å². The molecule has 19 heavy (non-hydrogen) atoms. The van der Waals surface area contributed by atoms with Gasteiger partial charge in [0.2, 0.25) is 0 Å². The van der Waals surface area contributed by atoms with Crippen LogP contribution in [0.4, 0.5) is 0 Å². The Balaban J connectivity index is 1.74. The van der Waals surface area contributed by atoms with Gasteiger partial charge in [0.25, 0.3) is 0 Å². The highest BCUT2D eigenvalue weighted by atomic mass is 35.5. The van der Waals surface area contributed by atoms with Gasteiger partial charge in [-0.25, -0.2) is 0 Å². The second-order valence-electron chi connectivity index (χ2n) is 4.21. The van der Waals surface area contributed by atoms with Gasteiger partial charge in [-0.05, 0) is 42.0 Å². The lowest BCUT2D eigenvalue weighted by Gasteiger charge is -2.04. The second kappa shape index (κ2) is 7.02. The minimum Gasteiger partial charge on any atom is -0.312 e. The number of hydrogen-bond donors (Lipinski definition) is 1. The summed E-state index contributed by atoms with van der Waals surface area (Å²) >= 11 is 5.78. The van der Waals surface area contributed by atoms with E-state index in [9.17, 15) is 4.79 Å². The standard InChI is InChI=1S/C15H15ClN2O/c16-14-3-1-13(2-4-14)15(19)7-10-18-11-12-5-8-17-9-6-12/h1-6,8-9,18H,7,10-11H2. The van der Waals surface area contributed by atoms with Crippen molar-refractivity contribution in [3.8, 4) is 0 Å². The number of ketones is 1. The van der Waals surface area contributed by atoms with Gasteiger partial charge in [0.05, 0.1) is 0 Å². The average Bonchev–Trinajstić information content (AvgIpc) is 2.45. The summed E-state index contributed by atoms with van der Waals surface area (Å²) in [4.78, 5) is 15.8. The van der Waals surface area contributed by atoms with Crippen molar-refractivity contribution in [3.05, 3.63) is 64.9 Å². The van der Waals surface area contributed by atoms with Gasteiger partial charge in [0.15, 0.2) is 5.78 Å². The predicted molar refractivity (Wildman–Crippen MR) is 76.3 cm³/mol. The summed E-state index contributed by atoms with van der Waals surface area (Å²) in [5.41, 5.74) is 1.86. The van der Waals surface area contributed by atoms with Gasteiger partial charge in [-0.1, -0.05) is 11.6 Å². The minimum absolute atomic E-state index is 0.124. The SMILES string of the molecule is O=C(CCNCc1ccncc1)c1ccc(Cl)cc1. The molecule has 3 nitrogen and oxygen atoms in total. The van der Waals surface area contributed by atoms with E-state index in [0.29, 0.717) is 23.6 Å². The van der Waals surface area contributed by atoms with E-state index < -0.39 is 0 Å². The second-order valence-corrected chi connectivity index (χ2v) is 4.65. The third kappa shape index (κ3) is 4.47. The molecule has 0 amide bonds. The highest BCUT2D eigenvalue weighted by molar-refractivity contribution is 6.30. The van der Waals surface area contributed by atoms with E-state index in [-0.39, 0.29) is 5.78 Å². The molecule has 0 radical (unpaired) electrons. The van der Waals surface area contributed by atoms with Crippen molar-refractivity contribution in [2.75, 3.05) is 6.54 Å². The Morgan fingerprint density at radius 2 is 1.79 bits per heavy atom. The van der Waals surface area contributed by atoms with E-state index >= 15 is 0 Å². The van der Waals surface area contributed by atoms with Crippen LogP contribution in [0, 0.1) is 0 Å². The zero-order chi connectivity index (χ0) is 13.5. The van der Waals surface area contributed by atoms with Gasteiger partial charge in [0.1, 0.15) is 0 Å². The monoisotopic (exact) mass is 274 g/mol. The first-order chi connectivity index (χ1) is 9.25. The van der Waals surface area contributed by atoms with Crippen LogP contribution in [-0.2, 0) is 6.54 Å². The van der Waals surface area contributed by atoms with Crippen LogP contribution in [0.5, 0.6) is 0 Å². The molecule has 1 N–H and O–H groups in total. The first kappa shape index (κ1) is 13.7. The molecule has 2 rings (SSSR count). The molecule has 0 aliphatic rings. The molecule has 0 aliphatic heterocycles. The maximum atomic E-state index is 11.9. The normalized spacial score (nSPS) is 10.4. The van der Waals surface area contributed by atoms with Crippen molar-refractivity contribution >= 4 is 17.4 Å². The fourth-order valence-electron chi connectivity index (χ4n) is 1.72. The molecule has 98 valence electrons. The molecule has 0 fully saturated rings. The van der Waals surface area contributed by atoms with Crippen LogP contribution in [0.15, 0.2) is 48.8 Å². The van der Waals surface area contributed by atoms with Gasteiger partial charge < -0.3 is 5.32 Å². The lowest BCUT2D eigenvalue weighted by molar-refractivity contribution is 0.0982. The smallest absolute Gasteiger partial charge is 0.164 e. The number of Topliss-reactive ketones (excluding diaryl/α,β-unsaturated/α-hetero) is 1.